The minimum Gasteiger partial charge on any atom is -0.327 e. The van der Waals surface area contributed by atoms with Gasteiger partial charge in [-0.25, -0.2) is 0 Å². The normalized spacial score (nSPS) is 56.7. The van der Waals surface area contributed by atoms with Gasteiger partial charge >= 0.3 is 0 Å². The first-order valence-corrected chi connectivity index (χ1v) is 3.78. The fourth-order valence-electron chi connectivity index (χ4n) is 2.36. The fourth-order valence-corrected chi connectivity index (χ4v) is 2.36. The lowest BCUT2D eigenvalue weighted by molar-refractivity contribution is 0.375. The highest BCUT2D eigenvalue weighted by atomic mass is 14.8. The van der Waals surface area contributed by atoms with Crippen molar-refractivity contribution in [1.29, 1.82) is 0 Å². The van der Waals surface area contributed by atoms with Gasteiger partial charge in [0.25, 0.3) is 0 Å². The van der Waals surface area contributed by atoms with Crippen LogP contribution in [-0.2, 0) is 0 Å². The number of hydrogen-bond donors (Lipinski definition) is 2. The highest BCUT2D eigenvalue weighted by Gasteiger charge is 2.42. The van der Waals surface area contributed by atoms with E-state index >= 15 is 0 Å². The van der Waals surface area contributed by atoms with Crippen LogP contribution >= 0.6 is 0 Å². The third-order valence-electron chi connectivity index (χ3n) is 2.97. The molecule has 0 aromatic rings. The molecule has 0 radical (unpaired) electrons. The summed E-state index contributed by atoms with van der Waals surface area (Å²) < 4.78 is 0. The van der Waals surface area contributed by atoms with Crippen LogP contribution < -0.4 is 11.5 Å². The predicted molar refractivity (Wildman–Crippen MR) is 36.8 cm³/mol. The number of nitrogens with two attached hydrogens (primary N) is 2. The standard InChI is InChI=1S/C7H14N2/c8-6-2-4-1-5(6)3-7(4)9/h4-7H,1-3,8-9H2/t4?,5?,6-,7-/m0/s1. The van der Waals surface area contributed by atoms with Gasteiger partial charge in [-0.15, -0.1) is 0 Å². The molecule has 0 spiro atoms. The summed E-state index contributed by atoms with van der Waals surface area (Å²) in [5.41, 5.74) is 11.7. The Morgan fingerprint density at radius 3 is 1.44 bits per heavy atom. The predicted octanol–water partition coefficient (Wildman–Crippen LogP) is 0.0709. The van der Waals surface area contributed by atoms with Gasteiger partial charge in [0.1, 0.15) is 0 Å². The molecule has 2 bridgehead atoms. The van der Waals surface area contributed by atoms with Gasteiger partial charge in [-0.1, -0.05) is 0 Å². The molecule has 2 fully saturated rings. The molecule has 0 aromatic carbocycles. The third-order valence-corrected chi connectivity index (χ3v) is 2.97. The number of hydrogen-bond acceptors (Lipinski definition) is 2. The fraction of sp³-hybridized carbons (Fsp3) is 1.00. The summed E-state index contributed by atoms with van der Waals surface area (Å²) in [5.74, 6) is 1.54. The van der Waals surface area contributed by atoms with Gasteiger partial charge in [0, 0.05) is 12.1 Å². The first kappa shape index (κ1) is 5.69. The number of rotatable bonds is 0. The average Bonchev–Trinajstić information content (AvgIpc) is 2.24. The Morgan fingerprint density at radius 1 is 0.778 bits per heavy atom. The van der Waals surface area contributed by atoms with Crippen molar-refractivity contribution in [2.75, 3.05) is 0 Å². The summed E-state index contributed by atoms with van der Waals surface area (Å²) in [6.07, 6.45) is 3.68. The molecule has 2 aliphatic carbocycles. The molecule has 2 nitrogen and oxygen atoms in total. The van der Waals surface area contributed by atoms with Gasteiger partial charge in [0.15, 0.2) is 0 Å². The van der Waals surface area contributed by atoms with Crippen LogP contribution in [0.1, 0.15) is 19.3 Å². The Labute approximate surface area is 55.6 Å². The average molecular weight is 126 g/mol. The molecular formula is C7H14N2. The van der Waals surface area contributed by atoms with E-state index in [1.807, 2.05) is 0 Å². The first-order chi connectivity index (χ1) is 4.27. The smallest absolute Gasteiger partial charge is 0.00710 e. The summed E-state index contributed by atoms with van der Waals surface area (Å²) in [4.78, 5) is 0. The Kier molecular flexibility index (Phi) is 1.08. The van der Waals surface area contributed by atoms with Crippen LogP contribution in [0.3, 0.4) is 0 Å². The third kappa shape index (κ3) is 0.700. The van der Waals surface area contributed by atoms with Crippen LogP contribution in [0, 0.1) is 11.8 Å². The van der Waals surface area contributed by atoms with Gasteiger partial charge in [0.05, 0.1) is 0 Å². The van der Waals surface area contributed by atoms with E-state index in [2.05, 4.69) is 0 Å². The van der Waals surface area contributed by atoms with Crippen LogP contribution in [0.25, 0.3) is 0 Å². The Morgan fingerprint density at radius 2 is 1.22 bits per heavy atom. The van der Waals surface area contributed by atoms with Crippen molar-refractivity contribution < 1.29 is 0 Å². The lowest BCUT2D eigenvalue weighted by Gasteiger charge is -2.21. The molecule has 0 saturated heterocycles. The summed E-state index contributed by atoms with van der Waals surface area (Å²) in [5, 5.41) is 0. The van der Waals surface area contributed by atoms with E-state index in [-0.39, 0.29) is 0 Å². The van der Waals surface area contributed by atoms with Gasteiger partial charge in [-0.2, -0.15) is 0 Å². The highest BCUT2D eigenvalue weighted by molar-refractivity contribution is 4.98. The van der Waals surface area contributed by atoms with Crippen LogP contribution in [0.15, 0.2) is 0 Å². The molecule has 2 aliphatic rings. The van der Waals surface area contributed by atoms with Crippen LogP contribution in [0.2, 0.25) is 0 Å². The van der Waals surface area contributed by atoms with E-state index in [0.29, 0.717) is 12.1 Å². The quantitative estimate of drug-likeness (QED) is 0.482. The van der Waals surface area contributed by atoms with Crippen LogP contribution in [0.4, 0.5) is 0 Å². The van der Waals surface area contributed by atoms with Crippen molar-refractivity contribution in [2.45, 2.75) is 31.3 Å². The summed E-state index contributed by atoms with van der Waals surface area (Å²) in [6.45, 7) is 0. The molecule has 0 aromatic heterocycles. The van der Waals surface area contributed by atoms with E-state index in [1.165, 1.54) is 19.3 Å². The molecular weight excluding hydrogens is 112 g/mol. The minimum absolute atomic E-state index is 0.481. The van der Waals surface area contributed by atoms with E-state index < -0.39 is 0 Å². The molecule has 52 valence electrons. The van der Waals surface area contributed by atoms with Crippen molar-refractivity contribution in [2.24, 2.45) is 23.3 Å². The molecule has 0 aliphatic heterocycles. The monoisotopic (exact) mass is 126 g/mol. The van der Waals surface area contributed by atoms with Crippen molar-refractivity contribution in [3.63, 3.8) is 0 Å². The lowest BCUT2D eigenvalue weighted by atomic mass is 9.93. The number of fused-ring (bicyclic) bond motifs is 2. The first-order valence-electron chi connectivity index (χ1n) is 3.78. The minimum atomic E-state index is 0.481. The van der Waals surface area contributed by atoms with Crippen molar-refractivity contribution >= 4 is 0 Å². The molecule has 2 saturated carbocycles. The van der Waals surface area contributed by atoms with Crippen LogP contribution in [-0.4, -0.2) is 12.1 Å². The topological polar surface area (TPSA) is 52.0 Å². The zero-order chi connectivity index (χ0) is 6.43. The molecule has 2 heteroatoms. The van der Waals surface area contributed by atoms with Gasteiger partial charge in [-0.3, -0.25) is 0 Å². The maximum absolute atomic E-state index is 5.83. The second-order valence-electron chi connectivity index (χ2n) is 3.55. The molecule has 0 amide bonds. The van der Waals surface area contributed by atoms with E-state index in [1.54, 1.807) is 0 Å². The summed E-state index contributed by atoms with van der Waals surface area (Å²) in [6, 6.07) is 0.963. The largest absolute Gasteiger partial charge is 0.327 e. The molecule has 9 heavy (non-hydrogen) atoms. The summed E-state index contributed by atoms with van der Waals surface area (Å²) in [7, 11) is 0. The van der Waals surface area contributed by atoms with Crippen LogP contribution in [0.5, 0.6) is 0 Å². The second-order valence-corrected chi connectivity index (χ2v) is 3.55. The van der Waals surface area contributed by atoms with Crippen molar-refractivity contribution in [3.8, 4) is 0 Å². The summed E-state index contributed by atoms with van der Waals surface area (Å²) >= 11 is 0. The molecule has 2 rings (SSSR count). The van der Waals surface area contributed by atoms with E-state index in [0.717, 1.165) is 11.8 Å². The maximum Gasteiger partial charge on any atom is 0.00710 e. The zero-order valence-corrected chi connectivity index (χ0v) is 5.59. The second kappa shape index (κ2) is 1.70. The highest BCUT2D eigenvalue weighted by Crippen LogP contribution is 2.42. The lowest BCUT2D eigenvalue weighted by Crippen LogP contribution is -2.35. The molecule has 4 atom stereocenters. The van der Waals surface area contributed by atoms with E-state index in [4.69, 9.17) is 11.5 Å². The van der Waals surface area contributed by atoms with Crippen molar-refractivity contribution in [1.82, 2.24) is 0 Å². The Bertz CT molecular complexity index is 106. The zero-order valence-electron chi connectivity index (χ0n) is 5.59. The molecule has 0 heterocycles. The van der Waals surface area contributed by atoms with Gasteiger partial charge in [0.2, 0.25) is 0 Å². The van der Waals surface area contributed by atoms with Crippen molar-refractivity contribution in [3.05, 3.63) is 0 Å². The SMILES string of the molecule is N[C@H]1CC2CC1C[C@@H]2N. The molecule has 2 unspecified atom stereocenters. The molecule has 4 N–H and O–H groups in total. The van der Waals surface area contributed by atoms with Gasteiger partial charge < -0.3 is 11.5 Å². The Balaban J connectivity index is 2.10. The Hall–Kier alpha value is -0.0800. The van der Waals surface area contributed by atoms with Gasteiger partial charge in [-0.05, 0) is 31.1 Å². The maximum atomic E-state index is 5.83. The van der Waals surface area contributed by atoms with E-state index in [9.17, 15) is 0 Å².